The van der Waals surface area contributed by atoms with Crippen LogP contribution >= 0.6 is 11.6 Å². The summed E-state index contributed by atoms with van der Waals surface area (Å²) >= 11 is 5.96. The van der Waals surface area contributed by atoms with Gasteiger partial charge in [-0.25, -0.2) is 0 Å². The van der Waals surface area contributed by atoms with Crippen molar-refractivity contribution in [1.82, 2.24) is 25.2 Å². The summed E-state index contributed by atoms with van der Waals surface area (Å²) < 4.78 is 6.77. The van der Waals surface area contributed by atoms with Crippen molar-refractivity contribution in [1.29, 1.82) is 0 Å². The van der Waals surface area contributed by atoms with E-state index in [0.29, 0.717) is 10.8 Å². The predicted molar refractivity (Wildman–Crippen MR) is 82.4 cm³/mol. The van der Waals surface area contributed by atoms with E-state index in [-0.39, 0.29) is 12.1 Å². The van der Waals surface area contributed by atoms with Gasteiger partial charge in [-0.3, -0.25) is 10.00 Å². The zero-order valence-electron chi connectivity index (χ0n) is 12.1. The van der Waals surface area contributed by atoms with Crippen molar-refractivity contribution < 1.29 is 4.52 Å². The van der Waals surface area contributed by atoms with E-state index in [4.69, 9.17) is 16.1 Å². The van der Waals surface area contributed by atoms with Gasteiger partial charge in [0.15, 0.2) is 5.82 Å². The van der Waals surface area contributed by atoms with Crippen molar-refractivity contribution in [2.45, 2.75) is 25.6 Å². The number of rotatable bonds is 6. The van der Waals surface area contributed by atoms with Gasteiger partial charge in [-0.1, -0.05) is 28.9 Å². The molecule has 3 aromatic rings. The van der Waals surface area contributed by atoms with Crippen LogP contribution in [0.2, 0.25) is 5.02 Å². The highest BCUT2D eigenvalue weighted by molar-refractivity contribution is 6.30. The van der Waals surface area contributed by atoms with Crippen LogP contribution in [0.5, 0.6) is 0 Å². The predicted octanol–water partition coefficient (Wildman–Crippen LogP) is 2.69. The Morgan fingerprint density at radius 2 is 2.14 bits per heavy atom. The van der Waals surface area contributed by atoms with Crippen molar-refractivity contribution >= 4 is 11.6 Å². The van der Waals surface area contributed by atoms with Gasteiger partial charge in [-0.2, -0.15) is 10.1 Å². The largest absolute Gasteiger partial charge is 0.343 e. The maximum absolute atomic E-state index is 5.96. The Kier molecular flexibility index (Phi) is 4.50. The Balaban J connectivity index is 1.78. The van der Waals surface area contributed by atoms with Crippen LogP contribution < -0.4 is 5.32 Å². The maximum atomic E-state index is 5.96. The number of aromatic nitrogens is 4. The molecule has 0 amide bonds. The standard InChI is InChI=1S/C15H16ClN5O/c1-11(9-21-8-2-7-18-21)19-14(15-17-10-22-20-15)12-3-5-13(16)6-4-12/h2-8,10-11,14,19H,9H2,1H3/t11-,14+/m0/s1. The third kappa shape index (κ3) is 3.52. The fraction of sp³-hybridized carbons (Fsp3) is 0.267. The number of nitrogens with zero attached hydrogens (tertiary/aromatic N) is 4. The Labute approximate surface area is 133 Å². The first-order chi connectivity index (χ1) is 10.7. The van der Waals surface area contributed by atoms with Crippen molar-refractivity contribution in [3.05, 3.63) is 65.5 Å². The van der Waals surface area contributed by atoms with Crippen LogP contribution in [0.1, 0.15) is 24.4 Å². The highest BCUT2D eigenvalue weighted by Crippen LogP contribution is 2.21. The molecule has 2 aromatic heterocycles. The van der Waals surface area contributed by atoms with Crippen LogP contribution in [0.25, 0.3) is 0 Å². The van der Waals surface area contributed by atoms with Crippen molar-refractivity contribution in [3.63, 3.8) is 0 Å². The molecule has 0 unspecified atom stereocenters. The second-order valence-electron chi connectivity index (χ2n) is 5.07. The first-order valence-corrected chi connectivity index (χ1v) is 7.35. The fourth-order valence-electron chi connectivity index (χ4n) is 2.31. The lowest BCUT2D eigenvalue weighted by atomic mass is 10.1. The lowest BCUT2D eigenvalue weighted by Gasteiger charge is -2.21. The van der Waals surface area contributed by atoms with Crippen LogP contribution in [0.3, 0.4) is 0 Å². The Morgan fingerprint density at radius 3 is 2.77 bits per heavy atom. The summed E-state index contributed by atoms with van der Waals surface area (Å²) in [6.07, 6.45) is 5.03. The molecule has 3 rings (SSSR count). The minimum absolute atomic E-state index is 0.165. The van der Waals surface area contributed by atoms with Crippen LogP contribution in [0.15, 0.2) is 53.6 Å². The summed E-state index contributed by atoms with van der Waals surface area (Å²) in [5, 5.41) is 12.4. The molecule has 0 saturated heterocycles. The zero-order valence-corrected chi connectivity index (χ0v) is 12.8. The highest BCUT2D eigenvalue weighted by atomic mass is 35.5. The average Bonchev–Trinajstić information content (AvgIpc) is 3.19. The fourth-order valence-corrected chi connectivity index (χ4v) is 2.43. The normalized spacial score (nSPS) is 13.9. The SMILES string of the molecule is C[C@@H](Cn1cccn1)N[C@H](c1ccc(Cl)cc1)c1ncon1. The second kappa shape index (κ2) is 6.72. The smallest absolute Gasteiger partial charge is 0.213 e. The minimum atomic E-state index is -0.165. The first kappa shape index (κ1) is 14.7. The lowest BCUT2D eigenvalue weighted by molar-refractivity contribution is 0.383. The molecule has 22 heavy (non-hydrogen) atoms. The van der Waals surface area contributed by atoms with Gasteiger partial charge in [0.2, 0.25) is 6.39 Å². The van der Waals surface area contributed by atoms with Gasteiger partial charge in [-0.15, -0.1) is 0 Å². The molecule has 0 radical (unpaired) electrons. The molecule has 0 fully saturated rings. The molecule has 6 nitrogen and oxygen atoms in total. The molecule has 0 saturated carbocycles. The van der Waals surface area contributed by atoms with E-state index >= 15 is 0 Å². The van der Waals surface area contributed by atoms with Gasteiger partial charge >= 0.3 is 0 Å². The van der Waals surface area contributed by atoms with E-state index in [9.17, 15) is 0 Å². The van der Waals surface area contributed by atoms with Gasteiger partial charge in [0.1, 0.15) is 0 Å². The van der Waals surface area contributed by atoms with Crippen molar-refractivity contribution in [3.8, 4) is 0 Å². The van der Waals surface area contributed by atoms with Crippen molar-refractivity contribution in [2.24, 2.45) is 0 Å². The summed E-state index contributed by atoms with van der Waals surface area (Å²) in [4.78, 5) is 4.17. The lowest BCUT2D eigenvalue weighted by Crippen LogP contribution is -2.35. The third-order valence-electron chi connectivity index (χ3n) is 3.31. The number of benzene rings is 1. The summed E-state index contributed by atoms with van der Waals surface area (Å²) in [5.74, 6) is 0.592. The maximum Gasteiger partial charge on any atom is 0.213 e. The molecule has 0 spiro atoms. The van der Waals surface area contributed by atoms with E-state index in [0.717, 1.165) is 12.1 Å². The van der Waals surface area contributed by atoms with E-state index in [1.54, 1.807) is 6.20 Å². The summed E-state index contributed by atoms with van der Waals surface area (Å²) in [6, 6.07) is 9.52. The van der Waals surface area contributed by atoms with Gasteiger partial charge in [0.05, 0.1) is 12.6 Å². The second-order valence-corrected chi connectivity index (χ2v) is 5.51. The molecule has 114 valence electrons. The Bertz CT molecular complexity index is 681. The van der Waals surface area contributed by atoms with E-state index in [2.05, 4.69) is 27.5 Å². The molecule has 0 bridgehead atoms. The molecule has 1 N–H and O–H groups in total. The molecule has 0 aliphatic carbocycles. The zero-order chi connectivity index (χ0) is 15.4. The van der Waals surface area contributed by atoms with E-state index in [1.165, 1.54) is 6.39 Å². The number of hydrogen-bond donors (Lipinski definition) is 1. The number of nitrogens with one attached hydrogen (secondary N) is 1. The monoisotopic (exact) mass is 317 g/mol. The molecule has 7 heteroatoms. The Hall–Kier alpha value is -2.18. The molecular formula is C15H16ClN5O. The molecule has 2 heterocycles. The van der Waals surface area contributed by atoms with Gasteiger partial charge in [0.25, 0.3) is 0 Å². The third-order valence-corrected chi connectivity index (χ3v) is 3.56. The van der Waals surface area contributed by atoms with Crippen LogP contribution in [0, 0.1) is 0 Å². The average molecular weight is 318 g/mol. The van der Waals surface area contributed by atoms with E-state index in [1.807, 2.05) is 41.2 Å². The minimum Gasteiger partial charge on any atom is -0.343 e. The number of hydrogen-bond acceptors (Lipinski definition) is 5. The van der Waals surface area contributed by atoms with Crippen LogP contribution in [0.4, 0.5) is 0 Å². The topological polar surface area (TPSA) is 68.8 Å². The summed E-state index contributed by atoms with van der Waals surface area (Å²) in [6.45, 7) is 2.83. The first-order valence-electron chi connectivity index (χ1n) is 6.97. The quantitative estimate of drug-likeness (QED) is 0.757. The van der Waals surface area contributed by atoms with Gasteiger partial charge in [0, 0.05) is 23.5 Å². The van der Waals surface area contributed by atoms with Gasteiger partial charge < -0.3 is 4.52 Å². The van der Waals surface area contributed by atoms with Gasteiger partial charge in [-0.05, 0) is 30.7 Å². The molecule has 1 aromatic carbocycles. The number of halogens is 1. The highest BCUT2D eigenvalue weighted by Gasteiger charge is 2.20. The summed E-state index contributed by atoms with van der Waals surface area (Å²) in [5.41, 5.74) is 1.03. The van der Waals surface area contributed by atoms with Crippen LogP contribution in [-0.2, 0) is 6.54 Å². The van der Waals surface area contributed by atoms with E-state index < -0.39 is 0 Å². The van der Waals surface area contributed by atoms with Crippen molar-refractivity contribution in [2.75, 3.05) is 0 Å². The molecule has 0 aliphatic heterocycles. The molecule has 0 aliphatic rings. The Morgan fingerprint density at radius 1 is 1.32 bits per heavy atom. The molecular weight excluding hydrogens is 302 g/mol. The van der Waals surface area contributed by atoms with Crippen LogP contribution in [-0.4, -0.2) is 26.0 Å². The molecule has 2 atom stereocenters. The summed E-state index contributed by atoms with van der Waals surface area (Å²) in [7, 11) is 0.